The monoisotopic (exact) mass is 324 g/mol. The van der Waals surface area contributed by atoms with Crippen LogP contribution in [0.25, 0.3) is 10.9 Å². The van der Waals surface area contributed by atoms with Crippen molar-refractivity contribution in [2.24, 2.45) is 10.2 Å². The first-order valence-corrected chi connectivity index (χ1v) is 7.54. The van der Waals surface area contributed by atoms with Gasteiger partial charge in [-0.25, -0.2) is 0 Å². The zero-order chi connectivity index (χ0) is 16.4. The number of azo groups is 1. The molecule has 0 spiro atoms. The largest absolute Gasteiger partial charge is 0.493 e. The highest BCUT2D eigenvalue weighted by Crippen LogP contribution is 2.35. The maximum atomic E-state index is 9.99. The fourth-order valence-electron chi connectivity index (χ4n) is 2.26. The van der Waals surface area contributed by atoms with Crippen LogP contribution < -0.4 is 5.32 Å². The molecule has 0 saturated carbocycles. The molecule has 0 saturated heterocycles. The number of H-pyrrole nitrogens is 1. The SMILES string of the molecule is Cc1ccc(NC(=S)N=Nc2c(O)[nH]c3ccc(C)cc23)cc1. The lowest BCUT2D eigenvalue weighted by atomic mass is 10.2. The van der Waals surface area contributed by atoms with Gasteiger partial charge in [-0.2, -0.15) is 0 Å². The molecule has 0 unspecified atom stereocenters. The van der Waals surface area contributed by atoms with Crippen molar-refractivity contribution >= 4 is 39.6 Å². The van der Waals surface area contributed by atoms with E-state index in [0.717, 1.165) is 22.2 Å². The molecule has 2 aromatic carbocycles. The molecule has 116 valence electrons. The lowest BCUT2D eigenvalue weighted by molar-refractivity contribution is 0.459. The number of aryl methyl sites for hydroxylation is 2. The summed E-state index contributed by atoms with van der Waals surface area (Å²) in [5, 5.41) is 22.1. The first-order chi connectivity index (χ1) is 11.0. The van der Waals surface area contributed by atoms with Crippen LogP contribution in [-0.2, 0) is 0 Å². The minimum absolute atomic E-state index is 0.0208. The summed E-state index contributed by atoms with van der Waals surface area (Å²) in [5.74, 6) is -0.0208. The number of hydrogen-bond donors (Lipinski definition) is 3. The van der Waals surface area contributed by atoms with Gasteiger partial charge in [0, 0.05) is 11.1 Å². The Bertz CT molecular complexity index is 897. The maximum Gasteiger partial charge on any atom is 0.218 e. The molecule has 0 aliphatic rings. The van der Waals surface area contributed by atoms with E-state index in [2.05, 4.69) is 20.5 Å². The van der Waals surface area contributed by atoms with Gasteiger partial charge in [-0.05, 0) is 50.3 Å². The number of fused-ring (bicyclic) bond motifs is 1. The first kappa shape index (κ1) is 15.2. The van der Waals surface area contributed by atoms with Gasteiger partial charge in [-0.15, -0.1) is 10.2 Å². The third kappa shape index (κ3) is 3.37. The van der Waals surface area contributed by atoms with E-state index < -0.39 is 0 Å². The quantitative estimate of drug-likeness (QED) is 0.460. The third-order valence-corrected chi connectivity index (χ3v) is 3.63. The standard InChI is InChI=1S/C17H16N4OS/c1-10-3-6-12(7-4-10)18-17(23)21-20-15-13-9-11(2)5-8-14(13)19-16(15)22/h3-9,19,22H,1-2H3,(H,18,23). The number of rotatable bonds is 2. The first-order valence-electron chi connectivity index (χ1n) is 7.13. The summed E-state index contributed by atoms with van der Waals surface area (Å²) in [6.45, 7) is 4.00. The number of hydrogen-bond acceptors (Lipinski definition) is 3. The number of nitrogens with one attached hydrogen (secondary N) is 2. The Kier molecular flexibility index (Phi) is 4.08. The predicted octanol–water partition coefficient (Wildman–Crippen LogP) is 4.97. The van der Waals surface area contributed by atoms with Gasteiger partial charge in [0.05, 0.1) is 5.52 Å². The third-order valence-electron chi connectivity index (χ3n) is 3.45. The fourth-order valence-corrected chi connectivity index (χ4v) is 2.42. The summed E-state index contributed by atoms with van der Waals surface area (Å²) < 4.78 is 0. The molecule has 3 aromatic rings. The van der Waals surface area contributed by atoms with Gasteiger partial charge in [0.15, 0.2) is 5.69 Å². The summed E-state index contributed by atoms with van der Waals surface area (Å²) >= 11 is 5.17. The number of nitrogens with zero attached hydrogens (tertiary/aromatic N) is 2. The number of aromatic nitrogens is 1. The van der Waals surface area contributed by atoms with Gasteiger partial charge >= 0.3 is 0 Å². The smallest absolute Gasteiger partial charge is 0.218 e. The zero-order valence-corrected chi connectivity index (χ0v) is 13.6. The van der Waals surface area contributed by atoms with Crippen LogP contribution in [0, 0.1) is 13.8 Å². The lowest BCUT2D eigenvalue weighted by Crippen LogP contribution is -2.04. The minimum Gasteiger partial charge on any atom is -0.493 e. The fraction of sp³-hybridized carbons (Fsp3) is 0.118. The Morgan fingerprint density at radius 3 is 2.52 bits per heavy atom. The van der Waals surface area contributed by atoms with E-state index in [1.54, 1.807) is 0 Å². The van der Waals surface area contributed by atoms with Gasteiger partial charge in [0.2, 0.25) is 11.0 Å². The molecule has 3 N–H and O–H groups in total. The molecule has 5 nitrogen and oxygen atoms in total. The van der Waals surface area contributed by atoms with Gasteiger partial charge in [0.25, 0.3) is 0 Å². The van der Waals surface area contributed by atoms with Crippen LogP contribution in [0.4, 0.5) is 11.4 Å². The highest BCUT2D eigenvalue weighted by Gasteiger charge is 2.10. The van der Waals surface area contributed by atoms with Crippen LogP contribution in [0.3, 0.4) is 0 Å². The minimum atomic E-state index is -0.0208. The van der Waals surface area contributed by atoms with E-state index in [-0.39, 0.29) is 11.0 Å². The van der Waals surface area contributed by atoms with Crippen molar-refractivity contribution in [2.75, 3.05) is 5.32 Å². The van der Waals surface area contributed by atoms with E-state index in [4.69, 9.17) is 12.2 Å². The Balaban J connectivity index is 1.82. The van der Waals surface area contributed by atoms with E-state index in [9.17, 15) is 5.11 Å². The number of thiocarbonyl (C=S) groups is 1. The number of anilines is 1. The maximum absolute atomic E-state index is 9.99. The molecule has 0 fully saturated rings. The van der Waals surface area contributed by atoms with E-state index >= 15 is 0 Å². The van der Waals surface area contributed by atoms with E-state index in [1.807, 2.05) is 56.3 Å². The van der Waals surface area contributed by atoms with Crippen LogP contribution in [0.2, 0.25) is 0 Å². The van der Waals surface area contributed by atoms with Gasteiger partial charge in [0.1, 0.15) is 0 Å². The highest BCUT2D eigenvalue weighted by molar-refractivity contribution is 7.80. The van der Waals surface area contributed by atoms with Crippen molar-refractivity contribution in [1.29, 1.82) is 0 Å². The normalized spacial score (nSPS) is 11.2. The summed E-state index contributed by atoms with van der Waals surface area (Å²) in [6, 6.07) is 13.6. The second kappa shape index (κ2) is 6.18. The molecule has 0 aliphatic carbocycles. The summed E-state index contributed by atoms with van der Waals surface area (Å²) in [4.78, 5) is 2.87. The molecule has 23 heavy (non-hydrogen) atoms. The van der Waals surface area contributed by atoms with Crippen molar-refractivity contribution in [3.63, 3.8) is 0 Å². The van der Waals surface area contributed by atoms with Gasteiger partial charge < -0.3 is 15.4 Å². The Labute approximate surface area is 139 Å². The average molecular weight is 324 g/mol. The highest BCUT2D eigenvalue weighted by atomic mass is 32.1. The van der Waals surface area contributed by atoms with Crippen LogP contribution >= 0.6 is 12.2 Å². The molecule has 6 heteroatoms. The summed E-state index contributed by atoms with van der Waals surface area (Å²) in [5.41, 5.74) is 4.28. The van der Waals surface area contributed by atoms with E-state index in [1.165, 1.54) is 5.56 Å². The van der Waals surface area contributed by atoms with Crippen molar-refractivity contribution in [2.45, 2.75) is 13.8 Å². The lowest BCUT2D eigenvalue weighted by Gasteiger charge is -2.03. The summed E-state index contributed by atoms with van der Waals surface area (Å²) in [6.07, 6.45) is 0. The number of aromatic hydroxyl groups is 1. The Hall–Kier alpha value is -2.73. The molecular formula is C17H16N4OS. The molecule has 1 aromatic heterocycles. The average Bonchev–Trinajstić information content (AvgIpc) is 2.82. The number of aromatic amines is 1. The molecule has 0 amide bonds. The molecule has 0 aliphatic heterocycles. The van der Waals surface area contributed by atoms with Gasteiger partial charge in [-0.1, -0.05) is 29.3 Å². The van der Waals surface area contributed by atoms with Crippen LogP contribution in [0.1, 0.15) is 11.1 Å². The van der Waals surface area contributed by atoms with Crippen molar-refractivity contribution in [3.8, 4) is 5.88 Å². The van der Waals surface area contributed by atoms with Crippen LogP contribution in [0.15, 0.2) is 52.7 Å². The van der Waals surface area contributed by atoms with Crippen molar-refractivity contribution in [1.82, 2.24) is 4.98 Å². The second-order valence-corrected chi connectivity index (χ2v) is 5.75. The predicted molar refractivity (Wildman–Crippen MR) is 96.6 cm³/mol. The Morgan fingerprint density at radius 1 is 1.09 bits per heavy atom. The van der Waals surface area contributed by atoms with Crippen molar-refractivity contribution in [3.05, 3.63) is 53.6 Å². The summed E-state index contributed by atoms with van der Waals surface area (Å²) in [7, 11) is 0. The molecule has 0 atom stereocenters. The molecule has 1 heterocycles. The molecule has 0 radical (unpaired) electrons. The Morgan fingerprint density at radius 2 is 1.78 bits per heavy atom. The molecular weight excluding hydrogens is 308 g/mol. The van der Waals surface area contributed by atoms with E-state index in [0.29, 0.717) is 5.69 Å². The van der Waals surface area contributed by atoms with Crippen molar-refractivity contribution < 1.29 is 5.11 Å². The topological polar surface area (TPSA) is 72.8 Å². The van der Waals surface area contributed by atoms with Crippen LogP contribution in [-0.4, -0.2) is 15.2 Å². The second-order valence-electron chi connectivity index (χ2n) is 5.37. The van der Waals surface area contributed by atoms with Crippen LogP contribution in [0.5, 0.6) is 5.88 Å². The van der Waals surface area contributed by atoms with Gasteiger partial charge in [-0.3, -0.25) is 0 Å². The number of benzene rings is 2. The molecule has 3 rings (SSSR count). The zero-order valence-electron chi connectivity index (χ0n) is 12.8. The molecule has 0 bridgehead atoms.